The highest BCUT2D eigenvalue weighted by Crippen LogP contribution is 2.25. The number of carboxylic acid groups (broad SMARTS) is 1. The number of nitrogen functional groups attached to an aromatic ring is 1. The topological polar surface area (TPSA) is 82.3 Å². The number of carbonyl (C=O) groups is 1. The number of pyridine rings is 1. The Labute approximate surface area is 121 Å². The average Bonchev–Trinajstić information content (AvgIpc) is 2.39. The second-order valence-electron chi connectivity index (χ2n) is 4.41. The van der Waals surface area contributed by atoms with Crippen LogP contribution < -0.4 is 15.7 Å². The molecule has 0 saturated heterocycles. The lowest BCUT2D eigenvalue weighted by Crippen LogP contribution is -2.22. The van der Waals surface area contributed by atoms with Crippen LogP contribution in [0, 0.1) is 0 Å². The predicted octanol–water partition coefficient (Wildman–Crippen LogP) is 1.32. The number of hydrogen-bond acceptors (Lipinski definition) is 5. The summed E-state index contributed by atoms with van der Waals surface area (Å²) in [5.41, 5.74) is 7.19. The molecule has 104 valence electrons. The van der Waals surface area contributed by atoms with Crippen LogP contribution in [-0.4, -0.2) is 18.0 Å². The number of aromatic nitrogens is 1. The van der Waals surface area contributed by atoms with Crippen LogP contribution in [0.5, 0.6) is 0 Å². The molecule has 0 atom stereocenters. The van der Waals surface area contributed by atoms with Gasteiger partial charge in [-0.15, -0.1) is 0 Å². The molecule has 0 saturated carbocycles. The van der Waals surface area contributed by atoms with Crippen molar-refractivity contribution in [1.29, 1.82) is 0 Å². The molecule has 2 rings (SSSR count). The van der Waals surface area contributed by atoms with Crippen molar-refractivity contribution in [1.82, 2.24) is 4.98 Å². The molecule has 20 heavy (non-hydrogen) atoms. The zero-order valence-corrected chi connectivity index (χ0v) is 11.6. The summed E-state index contributed by atoms with van der Waals surface area (Å²) in [6.45, 7) is 0.546. The molecular weight excluding hydrogens is 278 g/mol. The summed E-state index contributed by atoms with van der Waals surface area (Å²) in [6.07, 6.45) is 1.54. The summed E-state index contributed by atoms with van der Waals surface area (Å²) >= 11 is 6.09. The van der Waals surface area contributed by atoms with Gasteiger partial charge in [-0.05, 0) is 17.2 Å². The van der Waals surface area contributed by atoms with Crippen LogP contribution in [0.4, 0.5) is 11.5 Å². The van der Waals surface area contributed by atoms with Crippen LogP contribution in [0.15, 0.2) is 36.5 Å². The largest absolute Gasteiger partial charge is 0.545 e. The highest BCUT2D eigenvalue weighted by atomic mass is 35.5. The van der Waals surface area contributed by atoms with Crippen LogP contribution in [0.2, 0.25) is 5.02 Å². The fourth-order valence-corrected chi connectivity index (χ4v) is 2.14. The predicted molar refractivity (Wildman–Crippen MR) is 76.5 cm³/mol. The monoisotopic (exact) mass is 290 g/mol. The highest BCUT2D eigenvalue weighted by molar-refractivity contribution is 6.33. The minimum Gasteiger partial charge on any atom is -0.545 e. The molecule has 0 aliphatic heterocycles. The van der Waals surface area contributed by atoms with E-state index in [2.05, 4.69) is 4.98 Å². The number of anilines is 2. The Balaban J connectivity index is 2.14. The van der Waals surface area contributed by atoms with Gasteiger partial charge in [0.25, 0.3) is 0 Å². The van der Waals surface area contributed by atoms with E-state index >= 15 is 0 Å². The molecule has 0 bridgehead atoms. The fraction of sp³-hybridized carbons (Fsp3) is 0.143. The fourth-order valence-electron chi connectivity index (χ4n) is 1.82. The Morgan fingerprint density at radius 1 is 1.40 bits per heavy atom. The molecule has 0 spiro atoms. The Bertz CT molecular complexity index is 629. The molecular formula is C14H13ClN3O2-. The first-order chi connectivity index (χ1) is 9.47. The summed E-state index contributed by atoms with van der Waals surface area (Å²) in [6, 6.07) is 8.12. The van der Waals surface area contributed by atoms with Gasteiger partial charge in [0, 0.05) is 13.6 Å². The quantitative estimate of drug-likeness (QED) is 0.918. The second kappa shape index (κ2) is 5.79. The van der Waals surface area contributed by atoms with Crippen LogP contribution >= 0.6 is 11.6 Å². The number of aromatic carboxylic acids is 1. The number of nitrogens with two attached hydrogens (primary N) is 1. The summed E-state index contributed by atoms with van der Waals surface area (Å²) in [4.78, 5) is 16.7. The smallest absolute Gasteiger partial charge is 0.147 e. The summed E-state index contributed by atoms with van der Waals surface area (Å²) in [7, 11) is 1.84. The van der Waals surface area contributed by atoms with Crippen LogP contribution in [-0.2, 0) is 6.54 Å². The van der Waals surface area contributed by atoms with Gasteiger partial charge in [-0.1, -0.05) is 35.9 Å². The van der Waals surface area contributed by atoms with Crippen molar-refractivity contribution in [3.05, 3.63) is 52.7 Å². The molecule has 0 aliphatic carbocycles. The van der Waals surface area contributed by atoms with Gasteiger partial charge in [-0.25, -0.2) is 4.98 Å². The molecule has 1 heterocycles. The first-order valence-corrected chi connectivity index (χ1v) is 6.27. The van der Waals surface area contributed by atoms with Gasteiger partial charge in [0.15, 0.2) is 0 Å². The third kappa shape index (κ3) is 3.19. The van der Waals surface area contributed by atoms with E-state index in [0.29, 0.717) is 23.1 Å². The van der Waals surface area contributed by atoms with Gasteiger partial charge in [0.05, 0.1) is 22.9 Å². The van der Waals surface area contributed by atoms with Crippen LogP contribution in [0.3, 0.4) is 0 Å². The molecule has 5 nitrogen and oxygen atoms in total. The van der Waals surface area contributed by atoms with Gasteiger partial charge in [-0.3, -0.25) is 0 Å². The molecule has 0 aliphatic rings. The lowest BCUT2D eigenvalue weighted by Gasteiger charge is -2.19. The normalized spacial score (nSPS) is 10.3. The molecule has 2 aromatic rings. The maximum absolute atomic E-state index is 10.7. The van der Waals surface area contributed by atoms with Crippen molar-refractivity contribution in [2.24, 2.45) is 0 Å². The van der Waals surface area contributed by atoms with Crippen molar-refractivity contribution in [2.45, 2.75) is 6.54 Å². The van der Waals surface area contributed by atoms with E-state index in [1.54, 1.807) is 18.2 Å². The number of rotatable bonds is 4. The van der Waals surface area contributed by atoms with Crippen LogP contribution in [0.25, 0.3) is 0 Å². The number of benzene rings is 1. The number of carboxylic acids is 1. The van der Waals surface area contributed by atoms with E-state index in [4.69, 9.17) is 17.3 Å². The maximum atomic E-state index is 10.7. The van der Waals surface area contributed by atoms with E-state index in [-0.39, 0.29) is 5.56 Å². The average molecular weight is 291 g/mol. The van der Waals surface area contributed by atoms with Crippen molar-refractivity contribution in [3.8, 4) is 0 Å². The molecule has 1 aromatic heterocycles. The standard InChI is InChI=1S/C14H14ClN3O2/c1-18(13-12(15)6-11(16)7-17-13)8-9-2-4-10(5-3-9)14(19)20/h2-7H,8,16H2,1H3,(H,19,20)/p-1. The Kier molecular flexibility index (Phi) is 4.10. The molecule has 0 radical (unpaired) electrons. The molecule has 0 unspecified atom stereocenters. The van der Waals surface area contributed by atoms with E-state index in [9.17, 15) is 9.90 Å². The number of carbonyl (C=O) groups excluding carboxylic acids is 1. The summed E-state index contributed by atoms with van der Waals surface area (Å²) in [5, 5.41) is 11.1. The number of halogens is 1. The van der Waals surface area contributed by atoms with Crippen molar-refractivity contribution >= 4 is 29.1 Å². The Morgan fingerprint density at radius 3 is 2.60 bits per heavy atom. The number of hydrogen-bond donors (Lipinski definition) is 1. The SMILES string of the molecule is CN(Cc1ccc(C(=O)[O-])cc1)c1ncc(N)cc1Cl. The first-order valence-electron chi connectivity index (χ1n) is 5.90. The third-order valence-corrected chi connectivity index (χ3v) is 3.09. The van der Waals surface area contributed by atoms with Crippen molar-refractivity contribution in [3.63, 3.8) is 0 Å². The Morgan fingerprint density at radius 2 is 2.05 bits per heavy atom. The van der Waals surface area contributed by atoms with E-state index in [0.717, 1.165) is 5.56 Å². The van der Waals surface area contributed by atoms with Gasteiger partial charge >= 0.3 is 0 Å². The summed E-state index contributed by atoms with van der Waals surface area (Å²) < 4.78 is 0. The lowest BCUT2D eigenvalue weighted by molar-refractivity contribution is -0.255. The van der Waals surface area contributed by atoms with Crippen molar-refractivity contribution in [2.75, 3.05) is 17.7 Å². The maximum Gasteiger partial charge on any atom is 0.147 e. The van der Waals surface area contributed by atoms with Crippen molar-refractivity contribution < 1.29 is 9.90 Å². The lowest BCUT2D eigenvalue weighted by atomic mass is 10.1. The minimum absolute atomic E-state index is 0.153. The molecule has 6 heteroatoms. The van der Waals surface area contributed by atoms with E-state index in [1.807, 2.05) is 11.9 Å². The van der Waals surface area contributed by atoms with Gasteiger partial charge in [0.2, 0.25) is 0 Å². The Hall–Kier alpha value is -2.27. The molecule has 0 fully saturated rings. The van der Waals surface area contributed by atoms with Gasteiger partial charge in [0.1, 0.15) is 5.82 Å². The highest BCUT2D eigenvalue weighted by Gasteiger charge is 2.08. The van der Waals surface area contributed by atoms with E-state index in [1.165, 1.54) is 18.3 Å². The third-order valence-electron chi connectivity index (χ3n) is 2.81. The van der Waals surface area contributed by atoms with Gasteiger partial charge in [-0.2, -0.15) is 0 Å². The zero-order valence-electron chi connectivity index (χ0n) is 10.8. The van der Waals surface area contributed by atoms with Gasteiger partial charge < -0.3 is 20.5 Å². The molecule has 2 N–H and O–H groups in total. The minimum atomic E-state index is -1.19. The molecule has 1 aromatic carbocycles. The van der Waals surface area contributed by atoms with Crippen LogP contribution in [0.1, 0.15) is 15.9 Å². The second-order valence-corrected chi connectivity index (χ2v) is 4.82. The van der Waals surface area contributed by atoms with E-state index < -0.39 is 5.97 Å². The molecule has 0 amide bonds. The summed E-state index contributed by atoms with van der Waals surface area (Å²) in [5.74, 6) is -0.571. The number of nitrogens with zero attached hydrogens (tertiary/aromatic N) is 2. The zero-order chi connectivity index (χ0) is 14.7. The first kappa shape index (κ1) is 14.1.